The minimum absolute atomic E-state index is 0.112. The number of rotatable bonds is 4. The standard InChI is InChI=1S/C23H27BrF3NO3S/c1-14-11-16(15-7-9-28(10-8-15)21(29)31-22(2,3)4)5-6-19(14)30-12-17-18(23(25,26)27)13-32-20(17)24/h5-6,11,13,15H,7-10,12H2,1-4H3. The third-order valence-corrected chi connectivity index (χ3v) is 7.18. The Morgan fingerprint density at radius 2 is 1.88 bits per heavy atom. The van der Waals surface area contributed by atoms with Crippen molar-refractivity contribution in [3.8, 4) is 5.75 Å². The summed E-state index contributed by atoms with van der Waals surface area (Å²) < 4.78 is 51.2. The molecule has 0 bridgehead atoms. The highest BCUT2D eigenvalue weighted by molar-refractivity contribution is 9.11. The van der Waals surface area contributed by atoms with Crippen molar-refractivity contribution in [3.05, 3.63) is 49.6 Å². The summed E-state index contributed by atoms with van der Waals surface area (Å²) in [5, 5.41) is 1.10. The second kappa shape index (κ2) is 9.63. The topological polar surface area (TPSA) is 38.8 Å². The first-order chi connectivity index (χ1) is 14.8. The van der Waals surface area contributed by atoms with Gasteiger partial charge in [0, 0.05) is 24.0 Å². The maximum Gasteiger partial charge on any atom is 0.417 e. The highest BCUT2D eigenvalue weighted by Gasteiger charge is 2.35. The average molecular weight is 534 g/mol. The van der Waals surface area contributed by atoms with Crippen molar-refractivity contribution in [3.63, 3.8) is 0 Å². The van der Waals surface area contributed by atoms with Gasteiger partial charge < -0.3 is 14.4 Å². The average Bonchev–Trinajstić information content (AvgIpc) is 3.07. The van der Waals surface area contributed by atoms with E-state index in [0.717, 1.165) is 40.7 Å². The lowest BCUT2D eigenvalue weighted by Gasteiger charge is -2.33. The fourth-order valence-corrected chi connectivity index (χ4v) is 5.11. The Morgan fingerprint density at radius 1 is 1.22 bits per heavy atom. The van der Waals surface area contributed by atoms with E-state index in [4.69, 9.17) is 9.47 Å². The second-order valence-corrected chi connectivity index (χ2v) is 11.2. The molecule has 176 valence electrons. The van der Waals surface area contributed by atoms with Crippen LogP contribution in [0.3, 0.4) is 0 Å². The van der Waals surface area contributed by atoms with E-state index in [0.29, 0.717) is 28.5 Å². The van der Waals surface area contributed by atoms with Crippen molar-refractivity contribution in [2.45, 2.75) is 64.8 Å². The molecule has 1 aromatic carbocycles. The van der Waals surface area contributed by atoms with Gasteiger partial charge in [-0.1, -0.05) is 12.1 Å². The summed E-state index contributed by atoms with van der Waals surface area (Å²) in [6.45, 7) is 8.54. The maximum absolute atomic E-state index is 13.2. The number of ether oxygens (including phenoxy) is 2. The number of carbonyl (C=O) groups is 1. The Labute approximate surface area is 198 Å². The van der Waals surface area contributed by atoms with Crippen molar-refractivity contribution in [2.24, 2.45) is 0 Å². The Morgan fingerprint density at radius 3 is 2.44 bits per heavy atom. The number of hydrogen-bond donors (Lipinski definition) is 0. The van der Waals surface area contributed by atoms with Crippen molar-refractivity contribution in [1.82, 2.24) is 4.90 Å². The number of carbonyl (C=O) groups excluding carboxylic acids is 1. The molecule has 1 saturated heterocycles. The van der Waals surface area contributed by atoms with Crippen molar-refractivity contribution >= 4 is 33.4 Å². The van der Waals surface area contributed by atoms with E-state index in [1.165, 1.54) is 0 Å². The van der Waals surface area contributed by atoms with E-state index in [2.05, 4.69) is 15.9 Å². The summed E-state index contributed by atoms with van der Waals surface area (Å²) in [5.41, 5.74) is 0.949. The lowest BCUT2D eigenvalue weighted by atomic mass is 9.88. The number of thiophene rings is 1. The van der Waals surface area contributed by atoms with Gasteiger partial charge >= 0.3 is 12.3 Å². The zero-order valence-electron chi connectivity index (χ0n) is 18.5. The highest BCUT2D eigenvalue weighted by Crippen LogP contribution is 2.40. The Balaban J connectivity index is 1.61. The number of benzene rings is 1. The van der Waals surface area contributed by atoms with Gasteiger partial charge in [0.2, 0.25) is 0 Å². The van der Waals surface area contributed by atoms with E-state index in [-0.39, 0.29) is 18.3 Å². The Bertz CT molecular complexity index is 960. The number of amides is 1. The number of hydrogen-bond acceptors (Lipinski definition) is 4. The first-order valence-electron chi connectivity index (χ1n) is 10.4. The Kier molecular flexibility index (Phi) is 7.49. The highest BCUT2D eigenvalue weighted by atomic mass is 79.9. The molecule has 0 spiro atoms. The normalized spacial score (nSPS) is 15.7. The zero-order chi connectivity index (χ0) is 23.7. The van der Waals surface area contributed by atoms with E-state index < -0.39 is 17.3 Å². The van der Waals surface area contributed by atoms with Crippen molar-refractivity contribution < 1.29 is 27.4 Å². The van der Waals surface area contributed by atoms with Gasteiger partial charge in [-0.25, -0.2) is 4.79 Å². The summed E-state index contributed by atoms with van der Waals surface area (Å²) in [7, 11) is 0. The monoisotopic (exact) mass is 533 g/mol. The van der Waals surface area contributed by atoms with Crippen LogP contribution in [-0.2, 0) is 17.5 Å². The summed E-state index contributed by atoms with van der Waals surface area (Å²) in [6, 6.07) is 5.80. The van der Waals surface area contributed by atoms with Crippen LogP contribution in [-0.4, -0.2) is 29.7 Å². The molecule has 4 nitrogen and oxygen atoms in total. The number of piperidine rings is 1. The quantitative estimate of drug-likeness (QED) is 0.407. The molecule has 0 aliphatic carbocycles. The minimum Gasteiger partial charge on any atom is -0.489 e. The van der Waals surface area contributed by atoms with Crippen LogP contribution in [0.4, 0.5) is 18.0 Å². The van der Waals surface area contributed by atoms with Crippen molar-refractivity contribution in [1.29, 1.82) is 0 Å². The van der Waals surface area contributed by atoms with E-state index in [1.807, 2.05) is 45.9 Å². The van der Waals surface area contributed by atoms with Gasteiger partial charge in [0.15, 0.2) is 0 Å². The molecule has 0 atom stereocenters. The molecular weight excluding hydrogens is 507 g/mol. The number of halogens is 4. The fraction of sp³-hybridized carbons (Fsp3) is 0.522. The van der Waals surface area contributed by atoms with Gasteiger partial charge in [0.05, 0.1) is 9.35 Å². The third-order valence-electron chi connectivity index (χ3n) is 5.34. The van der Waals surface area contributed by atoms with Gasteiger partial charge in [-0.05, 0) is 79.6 Å². The molecule has 3 rings (SSSR count). The predicted molar refractivity (Wildman–Crippen MR) is 122 cm³/mol. The zero-order valence-corrected chi connectivity index (χ0v) is 20.9. The van der Waals surface area contributed by atoms with Gasteiger partial charge in [-0.2, -0.15) is 13.2 Å². The van der Waals surface area contributed by atoms with Crippen LogP contribution in [0.1, 0.15) is 61.8 Å². The van der Waals surface area contributed by atoms with Gasteiger partial charge in [-0.3, -0.25) is 0 Å². The summed E-state index contributed by atoms with van der Waals surface area (Å²) >= 11 is 4.20. The molecule has 1 aliphatic heterocycles. The summed E-state index contributed by atoms with van der Waals surface area (Å²) in [6.07, 6.45) is -3.03. The second-order valence-electron chi connectivity index (χ2n) is 8.95. The lowest BCUT2D eigenvalue weighted by Crippen LogP contribution is -2.41. The molecule has 0 unspecified atom stereocenters. The first kappa shape index (κ1) is 24.9. The van der Waals surface area contributed by atoms with Crippen LogP contribution in [0.5, 0.6) is 5.75 Å². The summed E-state index contributed by atoms with van der Waals surface area (Å²) in [5.74, 6) is 0.871. The predicted octanol–water partition coefficient (Wildman–Crippen LogP) is 7.53. The molecule has 2 heterocycles. The molecule has 1 aromatic heterocycles. The van der Waals surface area contributed by atoms with Crippen LogP contribution in [0, 0.1) is 6.92 Å². The molecular formula is C23H27BrF3NO3S. The maximum atomic E-state index is 13.2. The molecule has 0 N–H and O–H groups in total. The fourth-order valence-electron chi connectivity index (χ4n) is 3.69. The first-order valence-corrected chi connectivity index (χ1v) is 12.1. The number of likely N-dealkylation sites (tertiary alicyclic amines) is 1. The molecule has 2 aromatic rings. The van der Waals surface area contributed by atoms with Crippen LogP contribution in [0.15, 0.2) is 27.4 Å². The van der Waals surface area contributed by atoms with E-state index in [9.17, 15) is 18.0 Å². The lowest BCUT2D eigenvalue weighted by molar-refractivity contribution is -0.138. The van der Waals surface area contributed by atoms with E-state index >= 15 is 0 Å². The smallest absolute Gasteiger partial charge is 0.417 e. The molecule has 0 saturated carbocycles. The molecule has 1 fully saturated rings. The molecule has 1 aliphatic rings. The number of nitrogens with zero attached hydrogens (tertiary/aromatic N) is 1. The van der Waals surface area contributed by atoms with Gasteiger partial charge in [0.1, 0.15) is 18.0 Å². The van der Waals surface area contributed by atoms with Gasteiger partial charge in [0.25, 0.3) is 0 Å². The SMILES string of the molecule is Cc1cc(C2CCN(C(=O)OC(C)(C)C)CC2)ccc1OCc1c(C(F)(F)F)csc1Br. The molecule has 32 heavy (non-hydrogen) atoms. The molecule has 9 heteroatoms. The van der Waals surface area contributed by atoms with Crippen LogP contribution in [0.2, 0.25) is 0 Å². The Hall–Kier alpha value is -1.74. The van der Waals surface area contributed by atoms with Crippen molar-refractivity contribution in [2.75, 3.05) is 13.1 Å². The van der Waals surface area contributed by atoms with Crippen LogP contribution >= 0.6 is 27.3 Å². The molecule has 1 amide bonds. The molecule has 0 radical (unpaired) electrons. The van der Waals surface area contributed by atoms with Crippen LogP contribution in [0.25, 0.3) is 0 Å². The van der Waals surface area contributed by atoms with Gasteiger partial charge in [-0.15, -0.1) is 11.3 Å². The minimum atomic E-state index is -4.41. The van der Waals surface area contributed by atoms with Crippen LogP contribution < -0.4 is 4.74 Å². The third kappa shape index (κ3) is 6.19. The number of alkyl halides is 3. The van der Waals surface area contributed by atoms with E-state index in [1.54, 1.807) is 4.90 Å². The summed E-state index contributed by atoms with van der Waals surface area (Å²) in [4.78, 5) is 14.0. The number of aryl methyl sites for hydroxylation is 1. The largest absolute Gasteiger partial charge is 0.489 e.